The molecular weight excluding hydrogens is 365 g/mol. The SMILES string of the molecule is CC1CN=C(NCc2ccc(N3CCCC3)nc2)N1.I. The molecule has 1 atom stereocenters. The summed E-state index contributed by atoms with van der Waals surface area (Å²) in [5.74, 6) is 2.00. The van der Waals surface area contributed by atoms with Gasteiger partial charge in [-0.2, -0.15) is 0 Å². The summed E-state index contributed by atoms with van der Waals surface area (Å²) in [6.45, 7) is 6.04. The van der Waals surface area contributed by atoms with Crippen molar-refractivity contribution in [2.75, 3.05) is 24.5 Å². The molecule has 0 bridgehead atoms. The Balaban J connectivity index is 0.00000147. The molecule has 2 N–H and O–H groups in total. The third kappa shape index (κ3) is 3.74. The number of nitrogens with one attached hydrogen (secondary N) is 2. The Morgan fingerprint density at radius 3 is 2.75 bits per heavy atom. The number of aromatic nitrogens is 1. The van der Waals surface area contributed by atoms with Crippen molar-refractivity contribution in [3.63, 3.8) is 0 Å². The van der Waals surface area contributed by atoms with Gasteiger partial charge < -0.3 is 15.5 Å². The van der Waals surface area contributed by atoms with E-state index in [1.54, 1.807) is 0 Å². The first-order chi connectivity index (χ1) is 9.31. The minimum atomic E-state index is 0. The lowest BCUT2D eigenvalue weighted by Crippen LogP contribution is -2.37. The van der Waals surface area contributed by atoms with E-state index in [4.69, 9.17) is 0 Å². The number of nitrogens with zero attached hydrogens (tertiary/aromatic N) is 3. The van der Waals surface area contributed by atoms with Crippen LogP contribution in [0.3, 0.4) is 0 Å². The molecule has 20 heavy (non-hydrogen) atoms. The number of guanidine groups is 1. The van der Waals surface area contributed by atoms with E-state index < -0.39 is 0 Å². The minimum Gasteiger partial charge on any atom is -0.357 e. The van der Waals surface area contributed by atoms with Crippen molar-refractivity contribution in [2.24, 2.45) is 4.99 Å². The second-order valence-corrected chi connectivity index (χ2v) is 5.31. The molecule has 3 heterocycles. The van der Waals surface area contributed by atoms with Gasteiger partial charge in [-0.05, 0) is 31.4 Å². The maximum absolute atomic E-state index is 4.55. The van der Waals surface area contributed by atoms with Gasteiger partial charge in [-0.1, -0.05) is 6.07 Å². The van der Waals surface area contributed by atoms with Crippen molar-refractivity contribution >= 4 is 35.8 Å². The van der Waals surface area contributed by atoms with Crippen LogP contribution in [0, 0.1) is 0 Å². The monoisotopic (exact) mass is 387 g/mol. The Kier molecular flexibility index (Phi) is 5.45. The lowest BCUT2D eigenvalue weighted by molar-refractivity contribution is 0.713. The number of anilines is 1. The van der Waals surface area contributed by atoms with Gasteiger partial charge in [0.1, 0.15) is 5.82 Å². The van der Waals surface area contributed by atoms with Crippen LogP contribution in [0.4, 0.5) is 5.82 Å². The van der Waals surface area contributed by atoms with Gasteiger partial charge in [-0.15, -0.1) is 24.0 Å². The first-order valence-corrected chi connectivity index (χ1v) is 7.06. The van der Waals surface area contributed by atoms with E-state index >= 15 is 0 Å². The molecule has 110 valence electrons. The van der Waals surface area contributed by atoms with Crippen LogP contribution in [-0.2, 0) is 6.54 Å². The van der Waals surface area contributed by atoms with Gasteiger partial charge >= 0.3 is 0 Å². The number of hydrogen-bond donors (Lipinski definition) is 2. The summed E-state index contributed by atoms with van der Waals surface area (Å²) in [5, 5.41) is 6.59. The number of rotatable bonds is 3. The number of hydrogen-bond acceptors (Lipinski definition) is 5. The third-order valence-corrected chi connectivity index (χ3v) is 3.61. The highest BCUT2D eigenvalue weighted by Crippen LogP contribution is 2.17. The lowest BCUT2D eigenvalue weighted by atomic mass is 10.3. The van der Waals surface area contributed by atoms with Crippen LogP contribution in [0.1, 0.15) is 25.3 Å². The highest BCUT2D eigenvalue weighted by molar-refractivity contribution is 14.0. The Bertz CT molecular complexity index is 453. The fraction of sp³-hybridized carbons (Fsp3) is 0.571. The van der Waals surface area contributed by atoms with Crippen LogP contribution in [0.25, 0.3) is 0 Å². The van der Waals surface area contributed by atoms with Gasteiger partial charge in [0.05, 0.1) is 6.54 Å². The third-order valence-electron chi connectivity index (χ3n) is 3.61. The highest BCUT2D eigenvalue weighted by Gasteiger charge is 2.14. The summed E-state index contributed by atoms with van der Waals surface area (Å²) in [6.07, 6.45) is 4.53. The Morgan fingerprint density at radius 2 is 2.15 bits per heavy atom. The first-order valence-electron chi connectivity index (χ1n) is 7.06. The second kappa shape index (κ2) is 7.10. The van der Waals surface area contributed by atoms with Crippen LogP contribution in [0.15, 0.2) is 23.3 Å². The second-order valence-electron chi connectivity index (χ2n) is 5.31. The van der Waals surface area contributed by atoms with Crippen LogP contribution in [0.2, 0.25) is 0 Å². The fourth-order valence-corrected chi connectivity index (χ4v) is 2.50. The van der Waals surface area contributed by atoms with Gasteiger partial charge in [0.25, 0.3) is 0 Å². The number of pyridine rings is 1. The summed E-state index contributed by atoms with van der Waals surface area (Å²) in [6, 6.07) is 4.71. The molecule has 0 radical (unpaired) electrons. The van der Waals surface area contributed by atoms with Crippen LogP contribution >= 0.6 is 24.0 Å². The summed E-state index contributed by atoms with van der Waals surface area (Å²) in [4.78, 5) is 11.3. The van der Waals surface area contributed by atoms with Crippen LogP contribution < -0.4 is 15.5 Å². The molecule has 2 aliphatic rings. The predicted octanol–water partition coefficient (Wildman–Crippen LogP) is 1.74. The molecule has 0 spiro atoms. The predicted molar refractivity (Wildman–Crippen MR) is 92.8 cm³/mol. The maximum Gasteiger partial charge on any atom is 0.191 e. The molecule has 0 aromatic carbocycles. The van der Waals surface area contributed by atoms with Gasteiger partial charge in [0.15, 0.2) is 5.96 Å². The minimum absolute atomic E-state index is 0. The van der Waals surface area contributed by atoms with Crippen LogP contribution in [-0.4, -0.2) is 36.6 Å². The standard InChI is InChI=1S/C14H21N5.HI/c1-11-8-16-14(18-11)17-10-12-4-5-13(15-9-12)19-6-2-3-7-19;/h4-5,9,11H,2-3,6-8,10H2,1H3,(H2,16,17,18);1H. The fourth-order valence-electron chi connectivity index (χ4n) is 2.50. The van der Waals surface area contributed by atoms with Crippen molar-refractivity contribution in [1.29, 1.82) is 0 Å². The summed E-state index contributed by atoms with van der Waals surface area (Å²) in [5.41, 5.74) is 1.19. The van der Waals surface area contributed by atoms with Crippen molar-refractivity contribution in [2.45, 2.75) is 32.4 Å². The zero-order valence-corrected chi connectivity index (χ0v) is 14.1. The maximum atomic E-state index is 4.55. The summed E-state index contributed by atoms with van der Waals surface area (Å²) < 4.78 is 0. The molecule has 0 saturated carbocycles. The molecule has 1 fully saturated rings. The lowest BCUT2D eigenvalue weighted by Gasteiger charge is -2.16. The van der Waals surface area contributed by atoms with E-state index in [-0.39, 0.29) is 24.0 Å². The van der Waals surface area contributed by atoms with E-state index in [0.29, 0.717) is 6.04 Å². The summed E-state index contributed by atoms with van der Waals surface area (Å²) >= 11 is 0. The molecular formula is C14H22IN5. The zero-order valence-electron chi connectivity index (χ0n) is 11.8. The highest BCUT2D eigenvalue weighted by atomic mass is 127. The molecule has 3 rings (SSSR count). The normalized spacial score (nSPS) is 21.1. The Morgan fingerprint density at radius 1 is 1.35 bits per heavy atom. The number of aliphatic imine (C=N–C) groups is 1. The van der Waals surface area contributed by atoms with Crippen molar-refractivity contribution in [1.82, 2.24) is 15.6 Å². The van der Waals surface area contributed by atoms with Gasteiger partial charge in [-0.25, -0.2) is 4.98 Å². The average Bonchev–Trinajstić information content (AvgIpc) is 3.08. The van der Waals surface area contributed by atoms with Crippen molar-refractivity contribution in [3.05, 3.63) is 23.9 Å². The van der Waals surface area contributed by atoms with Crippen molar-refractivity contribution < 1.29 is 0 Å². The van der Waals surface area contributed by atoms with Gasteiger partial charge in [0.2, 0.25) is 0 Å². The molecule has 5 nitrogen and oxygen atoms in total. The molecule has 6 heteroatoms. The number of halogens is 1. The molecule has 2 aliphatic heterocycles. The topological polar surface area (TPSA) is 52.6 Å². The zero-order chi connectivity index (χ0) is 13.1. The molecule has 1 aromatic heterocycles. The molecule has 1 aromatic rings. The van der Waals surface area contributed by atoms with E-state index in [9.17, 15) is 0 Å². The Labute approximate surface area is 137 Å². The molecule has 0 amide bonds. The van der Waals surface area contributed by atoms with Crippen LogP contribution in [0.5, 0.6) is 0 Å². The summed E-state index contributed by atoms with van der Waals surface area (Å²) in [7, 11) is 0. The van der Waals surface area contributed by atoms with E-state index in [2.05, 4.69) is 44.6 Å². The van der Waals surface area contributed by atoms with E-state index in [1.165, 1.54) is 18.4 Å². The molecule has 0 aliphatic carbocycles. The van der Waals surface area contributed by atoms with Gasteiger partial charge in [-0.3, -0.25) is 4.99 Å². The smallest absolute Gasteiger partial charge is 0.191 e. The van der Waals surface area contributed by atoms with E-state index in [0.717, 1.165) is 38.0 Å². The first kappa shape index (κ1) is 15.3. The van der Waals surface area contributed by atoms with E-state index in [1.807, 2.05) is 6.20 Å². The largest absolute Gasteiger partial charge is 0.357 e. The molecule has 1 saturated heterocycles. The Hall–Kier alpha value is -1.05. The van der Waals surface area contributed by atoms with Gasteiger partial charge in [0, 0.05) is 31.9 Å². The average molecular weight is 387 g/mol. The molecule has 1 unspecified atom stereocenters. The quantitative estimate of drug-likeness (QED) is 0.776. The van der Waals surface area contributed by atoms with Crippen molar-refractivity contribution in [3.8, 4) is 0 Å².